The lowest BCUT2D eigenvalue weighted by Gasteiger charge is -2.33. The van der Waals surface area contributed by atoms with Gasteiger partial charge in [-0.15, -0.1) is 0 Å². The minimum absolute atomic E-state index is 0.225. The van der Waals surface area contributed by atoms with Gasteiger partial charge in [-0.25, -0.2) is 4.98 Å². The molecule has 7 aromatic carbocycles. The lowest BCUT2D eigenvalue weighted by molar-refractivity contribution is 1.01. The second kappa shape index (κ2) is 11.3. The van der Waals surface area contributed by atoms with Crippen molar-refractivity contribution < 1.29 is 0 Å². The number of fused-ring (bicyclic) bond motifs is 10. The van der Waals surface area contributed by atoms with E-state index in [9.17, 15) is 0 Å². The molecule has 0 N–H and O–H groups in total. The topological polar surface area (TPSA) is 22.8 Å². The minimum Gasteiger partial charge on any atom is -0.294 e. The zero-order valence-electron chi connectivity index (χ0n) is 28.4. The molecule has 6 heteroatoms. The van der Waals surface area contributed by atoms with Crippen LogP contribution < -0.4 is 16.4 Å². The van der Waals surface area contributed by atoms with E-state index in [1.165, 1.54) is 63.1 Å². The summed E-state index contributed by atoms with van der Waals surface area (Å²) in [5.41, 5.74) is 11.2. The highest BCUT2D eigenvalue weighted by molar-refractivity contribution is 8.01. The summed E-state index contributed by atoms with van der Waals surface area (Å²) in [6, 6.07) is 62.2. The van der Waals surface area contributed by atoms with Crippen molar-refractivity contribution in [3.8, 4) is 22.8 Å². The Labute approximate surface area is 315 Å². The lowest BCUT2D eigenvalue weighted by atomic mass is 9.36. The molecule has 0 amide bonds. The van der Waals surface area contributed by atoms with Crippen LogP contribution in [-0.2, 0) is 0 Å². The van der Waals surface area contributed by atoms with Gasteiger partial charge in [-0.2, -0.15) is 0 Å². The quantitative estimate of drug-likeness (QED) is 0.171. The van der Waals surface area contributed by atoms with Crippen molar-refractivity contribution in [2.45, 2.75) is 19.6 Å². The van der Waals surface area contributed by atoms with E-state index in [0.29, 0.717) is 0 Å². The summed E-state index contributed by atoms with van der Waals surface area (Å²) in [5, 5.41) is 4.90. The zero-order valence-corrected chi connectivity index (χ0v) is 30.0. The van der Waals surface area contributed by atoms with Crippen molar-refractivity contribution in [3.05, 3.63) is 170 Å². The standard InChI is InChI=1S/C47H28BN3S2/c1-7-19-37-31(13-1)32-14-2-8-20-38(32)50(37)45-27-30(28-46(49-45)51-39-21-9-3-15-33(39)34-16-4-10-22-40(34)51)29-25-43-47-44(26-29)53-42-24-12-6-18-36(42)48(47)35-17-5-11-23-41(35)52-43/h1-28H. The van der Waals surface area contributed by atoms with Crippen LogP contribution in [0.3, 0.4) is 0 Å². The molecule has 5 heterocycles. The zero-order chi connectivity index (χ0) is 34.6. The molecular weight excluding hydrogens is 681 g/mol. The minimum atomic E-state index is 0.225. The third-order valence-electron chi connectivity index (χ3n) is 11.0. The predicted octanol–water partition coefficient (Wildman–Crippen LogP) is 10.4. The molecule has 53 heavy (non-hydrogen) atoms. The summed E-state index contributed by atoms with van der Waals surface area (Å²) >= 11 is 3.81. The molecule has 0 aliphatic carbocycles. The molecule has 0 saturated carbocycles. The fourth-order valence-electron chi connectivity index (χ4n) is 8.80. The first-order valence-electron chi connectivity index (χ1n) is 18.0. The van der Waals surface area contributed by atoms with E-state index < -0.39 is 0 Å². The number of hydrogen-bond acceptors (Lipinski definition) is 3. The van der Waals surface area contributed by atoms with Gasteiger partial charge in [0, 0.05) is 41.1 Å². The molecule has 3 nitrogen and oxygen atoms in total. The molecule has 0 radical (unpaired) electrons. The Bertz CT molecular complexity index is 2850. The highest BCUT2D eigenvalue weighted by atomic mass is 32.2. The van der Waals surface area contributed by atoms with Gasteiger partial charge in [-0.05, 0) is 77.3 Å². The summed E-state index contributed by atoms with van der Waals surface area (Å²) in [4.78, 5) is 10.9. The van der Waals surface area contributed by atoms with E-state index in [4.69, 9.17) is 4.98 Å². The summed E-state index contributed by atoms with van der Waals surface area (Å²) in [5.74, 6) is 1.80. The molecule has 2 aliphatic heterocycles. The number of aromatic nitrogens is 3. The molecule has 0 spiro atoms. The largest absolute Gasteiger partial charge is 0.294 e. The molecular formula is C47H28BN3S2. The molecule has 10 aromatic rings. The summed E-state index contributed by atoms with van der Waals surface area (Å²) < 4.78 is 4.69. The first-order valence-corrected chi connectivity index (χ1v) is 19.6. The number of nitrogens with zero attached hydrogens (tertiary/aromatic N) is 3. The van der Waals surface area contributed by atoms with Gasteiger partial charge in [0.05, 0.1) is 22.1 Å². The van der Waals surface area contributed by atoms with Crippen LogP contribution in [-0.4, -0.2) is 20.8 Å². The molecule has 0 atom stereocenters. The maximum Gasteiger partial charge on any atom is 0.247 e. The van der Waals surface area contributed by atoms with Gasteiger partial charge in [0.25, 0.3) is 0 Å². The Hall–Kier alpha value is -5.95. The van der Waals surface area contributed by atoms with Crippen LogP contribution in [0, 0.1) is 0 Å². The SMILES string of the molecule is c1ccc2c(c1)Sc1cc(-c3cc(-n4c5ccccc5c5ccccc54)nc(-n4c5ccccc5c5ccccc54)c3)cc3c1B2c1ccccc1S3. The monoisotopic (exact) mass is 709 g/mol. The van der Waals surface area contributed by atoms with Crippen molar-refractivity contribution in [2.24, 2.45) is 0 Å². The average molecular weight is 710 g/mol. The predicted molar refractivity (Wildman–Crippen MR) is 224 cm³/mol. The van der Waals surface area contributed by atoms with Crippen molar-refractivity contribution in [3.63, 3.8) is 0 Å². The first-order chi connectivity index (χ1) is 26.3. The number of hydrogen-bond donors (Lipinski definition) is 0. The maximum absolute atomic E-state index is 5.57. The Balaban J connectivity index is 1.16. The molecule has 0 fully saturated rings. The van der Waals surface area contributed by atoms with Crippen LogP contribution in [0.15, 0.2) is 189 Å². The van der Waals surface area contributed by atoms with Gasteiger partial charge in [0.1, 0.15) is 11.6 Å². The molecule has 3 aromatic heterocycles. The third kappa shape index (κ3) is 4.31. The maximum atomic E-state index is 5.57. The average Bonchev–Trinajstić information content (AvgIpc) is 3.74. The van der Waals surface area contributed by atoms with Crippen LogP contribution in [0.5, 0.6) is 0 Å². The number of rotatable bonds is 3. The van der Waals surface area contributed by atoms with E-state index in [2.05, 4.69) is 179 Å². The van der Waals surface area contributed by atoms with Crippen LogP contribution in [0.1, 0.15) is 0 Å². The number of pyridine rings is 1. The van der Waals surface area contributed by atoms with E-state index in [0.717, 1.165) is 39.3 Å². The second-order valence-electron chi connectivity index (χ2n) is 13.9. The molecule has 2 aliphatic rings. The lowest BCUT2D eigenvalue weighted by Crippen LogP contribution is -2.57. The van der Waals surface area contributed by atoms with Gasteiger partial charge in [0.2, 0.25) is 6.71 Å². The first kappa shape index (κ1) is 29.6. The molecule has 0 bridgehead atoms. The van der Waals surface area contributed by atoms with Crippen molar-refractivity contribution in [2.75, 3.05) is 0 Å². The van der Waals surface area contributed by atoms with Crippen LogP contribution in [0.2, 0.25) is 0 Å². The summed E-state index contributed by atoms with van der Waals surface area (Å²) in [6.45, 7) is 0.225. The van der Waals surface area contributed by atoms with E-state index in [1.807, 2.05) is 23.5 Å². The molecule has 0 saturated heterocycles. The fraction of sp³-hybridized carbons (Fsp3) is 0. The smallest absolute Gasteiger partial charge is 0.247 e. The molecule has 12 rings (SSSR count). The molecule has 0 unspecified atom stereocenters. The van der Waals surface area contributed by atoms with Crippen molar-refractivity contribution in [1.82, 2.24) is 14.1 Å². The van der Waals surface area contributed by atoms with Gasteiger partial charge in [-0.1, -0.05) is 144 Å². The summed E-state index contributed by atoms with van der Waals surface area (Å²) in [6.07, 6.45) is 0. The van der Waals surface area contributed by atoms with Gasteiger partial charge in [0.15, 0.2) is 0 Å². The third-order valence-corrected chi connectivity index (χ3v) is 13.3. The van der Waals surface area contributed by atoms with E-state index in [-0.39, 0.29) is 6.71 Å². The highest BCUT2D eigenvalue weighted by Crippen LogP contribution is 2.42. The molecule has 246 valence electrons. The normalized spacial score (nSPS) is 13.1. The Morgan fingerprint density at radius 2 is 0.736 bits per heavy atom. The van der Waals surface area contributed by atoms with E-state index in [1.54, 1.807) is 0 Å². The van der Waals surface area contributed by atoms with Crippen LogP contribution in [0.25, 0.3) is 66.4 Å². The van der Waals surface area contributed by atoms with Crippen molar-refractivity contribution >= 4 is 90.2 Å². The van der Waals surface area contributed by atoms with Gasteiger partial charge < -0.3 is 0 Å². The van der Waals surface area contributed by atoms with Gasteiger partial charge >= 0.3 is 0 Å². The number of benzene rings is 7. The Morgan fingerprint density at radius 3 is 1.17 bits per heavy atom. The van der Waals surface area contributed by atoms with Crippen LogP contribution in [0.4, 0.5) is 0 Å². The summed E-state index contributed by atoms with van der Waals surface area (Å²) in [7, 11) is 0. The van der Waals surface area contributed by atoms with Crippen LogP contribution >= 0.6 is 23.5 Å². The van der Waals surface area contributed by atoms with Crippen molar-refractivity contribution in [1.29, 1.82) is 0 Å². The fourth-order valence-corrected chi connectivity index (χ4v) is 11.3. The second-order valence-corrected chi connectivity index (χ2v) is 16.1. The number of para-hydroxylation sites is 4. The Kier molecular flexibility index (Phi) is 6.30. The highest BCUT2D eigenvalue weighted by Gasteiger charge is 2.38. The Morgan fingerprint density at radius 1 is 0.377 bits per heavy atom. The van der Waals surface area contributed by atoms with E-state index >= 15 is 0 Å². The van der Waals surface area contributed by atoms with Gasteiger partial charge in [-0.3, -0.25) is 9.13 Å².